The van der Waals surface area contributed by atoms with E-state index in [0.717, 1.165) is 9.87 Å². The summed E-state index contributed by atoms with van der Waals surface area (Å²) in [6.45, 7) is 3.28. The molecular formula is C10H14N2O3S. The van der Waals surface area contributed by atoms with Crippen molar-refractivity contribution in [2.45, 2.75) is 19.9 Å². The molecule has 0 heterocycles. The van der Waals surface area contributed by atoms with Gasteiger partial charge in [0, 0.05) is 0 Å². The summed E-state index contributed by atoms with van der Waals surface area (Å²) in [5, 5.41) is 0. The second kappa shape index (κ2) is 5.09. The number of carbonyl (C=O) groups excluding carboxylic acids is 1. The highest BCUT2D eigenvalue weighted by atomic mass is 32.2. The van der Waals surface area contributed by atoms with Crippen LogP contribution in [0.1, 0.15) is 12.5 Å². The van der Waals surface area contributed by atoms with Gasteiger partial charge in [0.1, 0.15) is 6.04 Å². The number of hydrogen-bond donors (Lipinski definition) is 2. The molecule has 5 nitrogen and oxygen atoms in total. The van der Waals surface area contributed by atoms with Gasteiger partial charge >= 0.3 is 0 Å². The topological polar surface area (TPSA) is 83.6 Å². The van der Waals surface area contributed by atoms with Crippen molar-refractivity contribution in [1.82, 2.24) is 0 Å². The smallest absolute Gasteiger partial charge is 0.262 e. The average Bonchev–Trinajstić information content (AvgIpc) is 2.20. The second-order valence-electron chi connectivity index (χ2n) is 3.42. The first-order valence-corrected chi connectivity index (χ1v) is 5.76. The molecule has 0 bridgehead atoms. The first kappa shape index (κ1) is 12.7. The van der Waals surface area contributed by atoms with Crippen molar-refractivity contribution in [3.8, 4) is 0 Å². The van der Waals surface area contributed by atoms with Crippen LogP contribution in [0.15, 0.2) is 24.3 Å². The van der Waals surface area contributed by atoms with Gasteiger partial charge in [-0.25, -0.2) is 4.21 Å². The Morgan fingerprint density at radius 3 is 2.50 bits per heavy atom. The number of hydrogen-bond acceptors (Lipinski definition) is 2. The normalized spacial score (nSPS) is 14.2. The fraction of sp³-hybridized carbons (Fsp3) is 0.300. The minimum absolute atomic E-state index is 0.523. The van der Waals surface area contributed by atoms with E-state index < -0.39 is 23.2 Å². The zero-order chi connectivity index (χ0) is 12.3. The van der Waals surface area contributed by atoms with E-state index >= 15 is 0 Å². The summed E-state index contributed by atoms with van der Waals surface area (Å²) in [4.78, 5) is 11.1. The van der Waals surface area contributed by atoms with Crippen molar-refractivity contribution in [2.24, 2.45) is 5.73 Å². The summed E-state index contributed by atoms with van der Waals surface area (Å²) in [6.07, 6.45) is 0. The number of para-hydroxylation sites is 1. The van der Waals surface area contributed by atoms with Crippen molar-refractivity contribution in [1.29, 1.82) is 0 Å². The monoisotopic (exact) mass is 242 g/mol. The summed E-state index contributed by atoms with van der Waals surface area (Å²) in [5.41, 5.74) is 6.46. The highest BCUT2D eigenvalue weighted by Crippen LogP contribution is 2.22. The molecule has 2 atom stereocenters. The molecule has 0 saturated carbocycles. The SMILES string of the molecule is Cc1ccccc1N(C(C)C(N)=O)S(=O)O. The largest absolute Gasteiger partial charge is 0.368 e. The lowest BCUT2D eigenvalue weighted by Gasteiger charge is -2.25. The first-order chi connectivity index (χ1) is 7.45. The van der Waals surface area contributed by atoms with E-state index in [9.17, 15) is 13.6 Å². The molecular weight excluding hydrogens is 228 g/mol. The van der Waals surface area contributed by atoms with Crippen LogP contribution in [-0.2, 0) is 16.1 Å². The number of carbonyl (C=O) groups is 1. The number of benzene rings is 1. The van der Waals surface area contributed by atoms with E-state index in [2.05, 4.69) is 0 Å². The minimum Gasteiger partial charge on any atom is -0.368 e. The Labute approximate surface area is 96.7 Å². The number of primary amides is 1. The van der Waals surface area contributed by atoms with Gasteiger partial charge in [-0.05, 0) is 25.5 Å². The standard InChI is InChI=1S/C10H14N2O3S/c1-7-5-3-4-6-9(7)12(16(14)15)8(2)10(11)13/h3-6,8H,1-2H3,(H2,11,13)(H,14,15). The molecule has 1 amide bonds. The molecule has 3 N–H and O–H groups in total. The van der Waals surface area contributed by atoms with Gasteiger partial charge in [0.25, 0.3) is 11.3 Å². The molecule has 1 rings (SSSR count). The van der Waals surface area contributed by atoms with Gasteiger partial charge in [0.2, 0.25) is 5.91 Å². The van der Waals surface area contributed by atoms with Gasteiger partial charge in [-0.3, -0.25) is 13.7 Å². The highest BCUT2D eigenvalue weighted by molar-refractivity contribution is 7.80. The number of rotatable bonds is 4. The van der Waals surface area contributed by atoms with Crippen molar-refractivity contribution < 1.29 is 13.6 Å². The Balaban J connectivity index is 3.18. The summed E-state index contributed by atoms with van der Waals surface area (Å²) in [5.74, 6) is -0.648. The number of nitrogens with two attached hydrogens (primary N) is 1. The van der Waals surface area contributed by atoms with Crippen molar-refractivity contribution in [3.63, 3.8) is 0 Å². The van der Waals surface area contributed by atoms with Gasteiger partial charge in [-0.1, -0.05) is 18.2 Å². The zero-order valence-electron chi connectivity index (χ0n) is 9.08. The molecule has 0 aliphatic heterocycles. The summed E-state index contributed by atoms with van der Waals surface area (Å²) < 4.78 is 21.5. The summed E-state index contributed by atoms with van der Waals surface area (Å²) in [6, 6.07) is 6.17. The quantitative estimate of drug-likeness (QED) is 0.766. The van der Waals surface area contributed by atoms with Crippen LogP contribution in [0.25, 0.3) is 0 Å². The molecule has 0 aliphatic carbocycles. The predicted octanol–water partition coefficient (Wildman–Crippen LogP) is 0.812. The molecule has 1 aromatic carbocycles. The number of anilines is 1. The maximum atomic E-state index is 11.2. The van der Waals surface area contributed by atoms with E-state index in [1.165, 1.54) is 6.92 Å². The summed E-state index contributed by atoms with van der Waals surface area (Å²) >= 11 is -2.28. The molecule has 0 aliphatic rings. The van der Waals surface area contributed by atoms with Crippen LogP contribution in [0.3, 0.4) is 0 Å². The Bertz CT molecular complexity index is 422. The van der Waals surface area contributed by atoms with Crippen LogP contribution >= 0.6 is 0 Å². The van der Waals surface area contributed by atoms with Crippen LogP contribution < -0.4 is 10.0 Å². The van der Waals surface area contributed by atoms with Crippen molar-refractivity contribution in [2.75, 3.05) is 4.31 Å². The van der Waals surface area contributed by atoms with Crippen molar-refractivity contribution in [3.05, 3.63) is 29.8 Å². The van der Waals surface area contributed by atoms with Gasteiger partial charge in [-0.2, -0.15) is 0 Å². The first-order valence-electron chi connectivity index (χ1n) is 4.70. The third-order valence-electron chi connectivity index (χ3n) is 2.28. The van der Waals surface area contributed by atoms with Crippen LogP contribution in [0.2, 0.25) is 0 Å². The van der Waals surface area contributed by atoms with E-state index in [1.807, 2.05) is 6.07 Å². The molecule has 88 valence electrons. The third kappa shape index (κ3) is 2.59. The van der Waals surface area contributed by atoms with Gasteiger partial charge in [0.05, 0.1) is 5.69 Å². The second-order valence-corrected chi connectivity index (χ2v) is 4.28. The van der Waals surface area contributed by atoms with Gasteiger partial charge < -0.3 is 5.73 Å². The minimum atomic E-state index is -2.28. The molecule has 0 spiro atoms. The maximum absolute atomic E-state index is 11.2. The van der Waals surface area contributed by atoms with E-state index in [1.54, 1.807) is 25.1 Å². The Hall–Kier alpha value is -1.40. The van der Waals surface area contributed by atoms with Crippen LogP contribution in [0.5, 0.6) is 0 Å². The molecule has 6 heteroatoms. The molecule has 2 unspecified atom stereocenters. The predicted molar refractivity (Wildman–Crippen MR) is 63.1 cm³/mol. The van der Waals surface area contributed by atoms with Gasteiger partial charge in [-0.15, -0.1) is 0 Å². The van der Waals surface area contributed by atoms with Crippen LogP contribution in [0.4, 0.5) is 5.69 Å². The highest BCUT2D eigenvalue weighted by Gasteiger charge is 2.24. The number of aryl methyl sites for hydroxylation is 1. The Morgan fingerprint density at radius 2 is 2.06 bits per heavy atom. The van der Waals surface area contributed by atoms with Crippen LogP contribution in [-0.4, -0.2) is 20.7 Å². The maximum Gasteiger partial charge on any atom is 0.262 e. The lowest BCUT2D eigenvalue weighted by Crippen LogP contribution is -2.44. The molecule has 0 aromatic heterocycles. The molecule has 0 radical (unpaired) electrons. The molecule has 0 fully saturated rings. The Morgan fingerprint density at radius 1 is 1.50 bits per heavy atom. The van der Waals surface area contributed by atoms with E-state index in [4.69, 9.17) is 5.73 Å². The lowest BCUT2D eigenvalue weighted by molar-refractivity contribution is -0.118. The molecule has 0 saturated heterocycles. The van der Waals surface area contributed by atoms with Gasteiger partial charge in [0.15, 0.2) is 0 Å². The van der Waals surface area contributed by atoms with E-state index in [-0.39, 0.29) is 0 Å². The number of amides is 1. The zero-order valence-corrected chi connectivity index (χ0v) is 9.90. The fourth-order valence-electron chi connectivity index (χ4n) is 1.35. The molecule has 16 heavy (non-hydrogen) atoms. The van der Waals surface area contributed by atoms with Crippen LogP contribution in [0, 0.1) is 6.92 Å². The average molecular weight is 242 g/mol. The number of nitrogens with zero attached hydrogens (tertiary/aromatic N) is 1. The Kier molecular flexibility index (Phi) is 4.03. The summed E-state index contributed by atoms with van der Waals surface area (Å²) in [7, 11) is 0. The fourth-order valence-corrected chi connectivity index (χ4v) is 2.10. The van der Waals surface area contributed by atoms with Crippen molar-refractivity contribution >= 4 is 22.9 Å². The van der Waals surface area contributed by atoms with E-state index in [0.29, 0.717) is 5.69 Å². The molecule has 1 aromatic rings. The lowest BCUT2D eigenvalue weighted by atomic mass is 10.2. The third-order valence-corrected chi connectivity index (χ3v) is 3.13.